The summed E-state index contributed by atoms with van der Waals surface area (Å²) in [5.74, 6) is -1.20. The zero-order chi connectivity index (χ0) is 19.3. The maximum atomic E-state index is 12.4. The van der Waals surface area contributed by atoms with Crippen LogP contribution in [0, 0.1) is 5.92 Å². The highest BCUT2D eigenvalue weighted by Crippen LogP contribution is 2.24. The molecule has 8 heteroatoms. The number of amides is 4. The molecule has 1 aromatic carbocycles. The van der Waals surface area contributed by atoms with E-state index in [0.717, 1.165) is 4.90 Å². The van der Waals surface area contributed by atoms with Crippen molar-refractivity contribution in [2.75, 3.05) is 19.7 Å². The van der Waals surface area contributed by atoms with E-state index >= 15 is 0 Å². The molecular weight excluding hydrogens is 338 g/mol. The Balaban J connectivity index is 1.81. The van der Waals surface area contributed by atoms with Gasteiger partial charge in [0.15, 0.2) is 0 Å². The predicted octanol–water partition coefficient (Wildman–Crippen LogP) is 1.17. The van der Waals surface area contributed by atoms with Crippen LogP contribution in [0.15, 0.2) is 24.3 Å². The first kappa shape index (κ1) is 19.4. The molecule has 8 nitrogen and oxygen atoms in total. The van der Waals surface area contributed by atoms with Gasteiger partial charge in [-0.15, -0.1) is 0 Å². The molecular formula is C18H23N3O5. The summed E-state index contributed by atoms with van der Waals surface area (Å²) in [4.78, 5) is 49.3. The molecule has 0 bridgehead atoms. The topological polar surface area (TPSA) is 105 Å². The number of imide groups is 1. The molecule has 1 aliphatic rings. The minimum Gasteiger partial charge on any atom is -0.449 e. The molecule has 140 valence electrons. The maximum absolute atomic E-state index is 12.4. The van der Waals surface area contributed by atoms with Gasteiger partial charge in [0, 0.05) is 13.1 Å². The van der Waals surface area contributed by atoms with Gasteiger partial charge in [-0.3, -0.25) is 19.3 Å². The van der Waals surface area contributed by atoms with Crippen molar-refractivity contribution < 1.29 is 23.9 Å². The summed E-state index contributed by atoms with van der Waals surface area (Å²) in [6.07, 6.45) is -0.554. The average molecular weight is 361 g/mol. The van der Waals surface area contributed by atoms with Crippen LogP contribution in [0.1, 0.15) is 41.5 Å². The van der Waals surface area contributed by atoms with E-state index in [1.807, 2.05) is 13.8 Å². The normalized spacial score (nSPS) is 14.2. The SMILES string of the molecule is CC(C)COC(=O)NCCNC(=O)C(C)N1C(=O)c2ccccc2C1=O. The number of ether oxygens (including phenoxy) is 1. The van der Waals surface area contributed by atoms with Crippen LogP contribution in [-0.2, 0) is 9.53 Å². The van der Waals surface area contributed by atoms with Gasteiger partial charge in [-0.1, -0.05) is 26.0 Å². The summed E-state index contributed by atoms with van der Waals surface area (Å²) in [7, 11) is 0. The highest BCUT2D eigenvalue weighted by molar-refractivity contribution is 6.22. The van der Waals surface area contributed by atoms with Gasteiger partial charge in [0.2, 0.25) is 5.91 Å². The van der Waals surface area contributed by atoms with Crippen LogP contribution in [0.25, 0.3) is 0 Å². The fraction of sp³-hybridized carbons (Fsp3) is 0.444. The van der Waals surface area contributed by atoms with Crippen LogP contribution < -0.4 is 10.6 Å². The Morgan fingerprint density at radius 3 is 2.08 bits per heavy atom. The standard InChI is InChI=1S/C18H23N3O5/c1-11(2)10-26-18(25)20-9-8-19-15(22)12(3)21-16(23)13-6-4-5-7-14(13)17(21)24/h4-7,11-12H,8-10H2,1-3H3,(H,19,22)(H,20,25). The molecule has 0 spiro atoms. The smallest absolute Gasteiger partial charge is 0.407 e. The highest BCUT2D eigenvalue weighted by Gasteiger charge is 2.40. The van der Waals surface area contributed by atoms with Crippen LogP contribution >= 0.6 is 0 Å². The maximum Gasteiger partial charge on any atom is 0.407 e. The lowest BCUT2D eigenvalue weighted by Crippen LogP contribution is -2.49. The first-order valence-electron chi connectivity index (χ1n) is 8.48. The van der Waals surface area contributed by atoms with Crippen LogP contribution in [0.4, 0.5) is 4.79 Å². The van der Waals surface area contributed by atoms with Gasteiger partial charge < -0.3 is 15.4 Å². The molecule has 0 saturated carbocycles. The molecule has 0 aliphatic carbocycles. The molecule has 2 rings (SSSR count). The molecule has 26 heavy (non-hydrogen) atoms. The quantitative estimate of drug-likeness (QED) is 0.560. The summed E-state index contributed by atoms with van der Waals surface area (Å²) in [5.41, 5.74) is 0.596. The third-order valence-electron chi connectivity index (χ3n) is 3.83. The van der Waals surface area contributed by atoms with Crippen LogP contribution in [-0.4, -0.2) is 54.5 Å². The van der Waals surface area contributed by atoms with E-state index < -0.39 is 29.9 Å². The molecule has 0 radical (unpaired) electrons. The summed E-state index contributed by atoms with van der Waals surface area (Å²) in [5, 5.41) is 5.10. The predicted molar refractivity (Wildman–Crippen MR) is 93.6 cm³/mol. The molecule has 0 aromatic heterocycles. The second kappa shape index (κ2) is 8.46. The van der Waals surface area contributed by atoms with Crippen molar-refractivity contribution in [3.63, 3.8) is 0 Å². The van der Waals surface area contributed by atoms with Crippen molar-refractivity contribution in [1.82, 2.24) is 15.5 Å². The average Bonchev–Trinajstić information content (AvgIpc) is 2.87. The summed E-state index contributed by atoms with van der Waals surface area (Å²) in [6.45, 7) is 5.99. The Hall–Kier alpha value is -2.90. The zero-order valence-electron chi connectivity index (χ0n) is 15.1. The van der Waals surface area contributed by atoms with Gasteiger partial charge in [-0.05, 0) is 25.0 Å². The van der Waals surface area contributed by atoms with Gasteiger partial charge >= 0.3 is 6.09 Å². The first-order valence-corrected chi connectivity index (χ1v) is 8.48. The molecule has 1 aromatic rings. The molecule has 2 N–H and O–H groups in total. The van der Waals surface area contributed by atoms with E-state index in [9.17, 15) is 19.2 Å². The van der Waals surface area contributed by atoms with Crippen molar-refractivity contribution in [1.29, 1.82) is 0 Å². The van der Waals surface area contributed by atoms with Crippen LogP contribution in [0.2, 0.25) is 0 Å². The summed E-state index contributed by atoms with van der Waals surface area (Å²) >= 11 is 0. The fourth-order valence-corrected chi connectivity index (χ4v) is 2.47. The number of nitrogens with one attached hydrogen (secondary N) is 2. The molecule has 0 fully saturated rings. The highest BCUT2D eigenvalue weighted by atomic mass is 16.5. The molecule has 0 saturated heterocycles. The van der Waals surface area contributed by atoms with Gasteiger partial charge in [0.1, 0.15) is 6.04 Å². The van der Waals surface area contributed by atoms with E-state index in [2.05, 4.69) is 10.6 Å². The Bertz CT molecular complexity index is 682. The number of nitrogens with zero attached hydrogens (tertiary/aromatic N) is 1. The Morgan fingerprint density at radius 1 is 1.00 bits per heavy atom. The Labute approximate surface area is 151 Å². The van der Waals surface area contributed by atoms with Gasteiger partial charge in [0.05, 0.1) is 17.7 Å². The molecule has 1 heterocycles. The van der Waals surface area contributed by atoms with Gasteiger partial charge in [0.25, 0.3) is 11.8 Å². The molecule has 4 amide bonds. The number of hydrogen-bond acceptors (Lipinski definition) is 5. The van der Waals surface area contributed by atoms with Crippen molar-refractivity contribution in [3.8, 4) is 0 Å². The van der Waals surface area contributed by atoms with Gasteiger partial charge in [-0.2, -0.15) is 0 Å². The fourth-order valence-electron chi connectivity index (χ4n) is 2.47. The van der Waals surface area contributed by atoms with Crippen LogP contribution in [0.3, 0.4) is 0 Å². The number of carbonyl (C=O) groups excluding carboxylic acids is 4. The first-order chi connectivity index (χ1) is 12.3. The van der Waals surface area contributed by atoms with Crippen molar-refractivity contribution in [2.45, 2.75) is 26.8 Å². The van der Waals surface area contributed by atoms with Crippen molar-refractivity contribution >= 4 is 23.8 Å². The lowest BCUT2D eigenvalue weighted by Gasteiger charge is -2.21. The number of alkyl carbamates (subject to hydrolysis) is 1. The molecule has 1 atom stereocenters. The van der Waals surface area contributed by atoms with Crippen LogP contribution in [0.5, 0.6) is 0 Å². The lowest BCUT2D eigenvalue weighted by molar-refractivity contribution is -0.124. The Kier molecular flexibility index (Phi) is 6.32. The third-order valence-corrected chi connectivity index (χ3v) is 3.83. The zero-order valence-corrected chi connectivity index (χ0v) is 15.1. The number of benzene rings is 1. The Morgan fingerprint density at radius 2 is 1.54 bits per heavy atom. The summed E-state index contributed by atoms with van der Waals surface area (Å²) in [6, 6.07) is 5.51. The second-order valence-electron chi connectivity index (χ2n) is 6.41. The van der Waals surface area contributed by atoms with E-state index in [-0.39, 0.29) is 19.0 Å². The number of hydrogen-bond donors (Lipinski definition) is 2. The number of rotatable bonds is 7. The van der Waals surface area contributed by atoms with E-state index in [4.69, 9.17) is 4.74 Å². The summed E-state index contributed by atoms with van der Waals surface area (Å²) < 4.78 is 4.94. The minimum atomic E-state index is -0.949. The number of fused-ring (bicyclic) bond motifs is 1. The van der Waals surface area contributed by atoms with Crippen molar-refractivity contribution in [2.24, 2.45) is 5.92 Å². The third kappa shape index (κ3) is 4.38. The molecule has 1 aliphatic heterocycles. The number of carbonyl (C=O) groups is 4. The monoisotopic (exact) mass is 361 g/mol. The van der Waals surface area contributed by atoms with E-state index in [1.165, 1.54) is 6.92 Å². The molecule has 1 unspecified atom stereocenters. The van der Waals surface area contributed by atoms with E-state index in [0.29, 0.717) is 17.7 Å². The van der Waals surface area contributed by atoms with E-state index in [1.54, 1.807) is 24.3 Å². The van der Waals surface area contributed by atoms with Crippen molar-refractivity contribution in [3.05, 3.63) is 35.4 Å². The lowest BCUT2D eigenvalue weighted by atomic mass is 10.1. The minimum absolute atomic E-state index is 0.156. The largest absolute Gasteiger partial charge is 0.449 e. The second-order valence-corrected chi connectivity index (χ2v) is 6.41. The van der Waals surface area contributed by atoms with Gasteiger partial charge in [-0.25, -0.2) is 4.79 Å².